The molecule has 1 aliphatic heterocycles. The maximum absolute atomic E-state index is 6.12. The average Bonchev–Trinajstić information content (AvgIpc) is 2.55. The van der Waals surface area contributed by atoms with Crippen LogP contribution in [0.5, 0.6) is 11.5 Å². The Morgan fingerprint density at radius 1 is 1.23 bits per heavy atom. The van der Waals surface area contributed by atoms with E-state index in [1.807, 2.05) is 6.07 Å². The lowest BCUT2D eigenvalue weighted by atomic mass is 10.1. The number of halogens is 1. The molecular formula is C16H25ClN2O3. The molecule has 0 radical (unpaired) electrons. The lowest BCUT2D eigenvalue weighted by Crippen LogP contribution is -2.37. The lowest BCUT2D eigenvalue weighted by molar-refractivity contribution is 0.0374. The molecule has 0 bridgehead atoms. The zero-order chi connectivity index (χ0) is 15.8. The summed E-state index contributed by atoms with van der Waals surface area (Å²) in [6.07, 6.45) is 1.11. The Kier molecular flexibility index (Phi) is 7.25. The standard InChI is InChI=1S/C16H25ClN2O3/c1-20-15-11-14(17)10-13(16(15)21-2)12-18-4-3-5-19-6-8-22-9-7-19/h10-11,18H,3-9,12H2,1-2H3. The quantitative estimate of drug-likeness (QED) is 0.741. The molecular weight excluding hydrogens is 304 g/mol. The highest BCUT2D eigenvalue weighted by Crippen LogP contribution is 2.34. The molecule has 0 atom stereocenters. The van der Waals surface area contributed by atoms with Gasteiger partial charge in [0.1, 0.15) is 0 Å². The number of ether oxygens (including phenoxy) is 3. The van der Waals surface area contributed by atoms with Gasteiger partial charge < -0.3 is 19.5 Å². The van der Waals surface area contributed by atoms with Gasteiger partial charge in [-0.25, -0.2) is 0 Å². The van der Waals surface area contributed by atoms with Crippen LogP contribution in [-0.2, 0) is 11.3 Å². The van der Waals surface area contributed by atoms with E-state index in [1.165, 1.54) is 0 Å². The van der Waals surface area contributed by atoms with Gasteiger partial charge in [-0.05, 0) is 25.6 Å². The summed E-state index contributed by atoms with van der Waals surface area (Å²) in [5, 5.41) is 4.10. The maximum Gasteiger partial charge on any atom is 0.165 e. The average molecular weight is 329 g/mol. The highest BCUT2D eigenvalue weighted by molar-refractivity contribution is 6.30. The molecule has 124 valence electrons. The molecule has 1 aliphatic rings. The van der Waals surface area contributed by atoms with Crippen LogP contribution < -0.4 is 14.8 Å². The van der Waals surface area contributed by atoms with Crippen molar-refractivity contribution in [2.24, 2.45) is 0 Å². The summed E-state index contributed by atoms with van der Waals surface area (Å²) in [5.74, 6) is 1.41. The minimum atomic E-state index is 0.655. The third kappa shape index (κ3) is 5.02. The third-order valence-corrected chi connectivity index (χ3v) is 3.99. The maximum atomic E-state index is 6.12. The number of nitrogens with zero attached hydrogens (tertiary/aromatic N) is 1. The first kappa shape index (κ1) is 17.3. The van der Waals surface area contributed by atoms with Crippen LogP contribution in [0.2, 0.25) is 5.02 Å². The van der Waals surface area contributed by atoms with E-state index >= 15 is 0 Å². The van der Waals surface area contributed by atoms with Crippen LogP contribution in [0.25, 0.3) is 0 Å². The smallest absolute Gasteiger partial charge is 0.165 e. The van der Waals surface area contributed by atoms with E-state index < -0.39 is 0 Å². The Morgan fingerprint density at radius 2 is 2.00 bits per heavy atom. The summed E-state index contributed by atoms with van der Waals surface area (Å²) in [6, 6.07) is 3.68. The van der Waals surface area contributed by atoms with Gasteiger partial charge in [-0.3, -0.25) is 4.90 Å². The fourth-order valence-electron chi connectivity index (χ4n) is 2.61. The highest BCUT2D eigenvalue weighted by Gasteiger charge is 2.12. The summed E-state index contributed by atoms with van der Waals surface area (Å²) in [5.41, 5.74) is 1.01. The Balaban J connectivity index is 1.77. The monoisotopic (exact) mass is 328 g/mol. The number of hydrogen-bond acceptors (Lipinski definition) is 5. The predicted molar refractivity (Wildman–Crippen MR) is 88.1 cm³/mol. The van der Waals surface area contributed by atoms with Crippen LogP contribution in [0.15, 0.2) is 12.1 Å². The second-order valence-electron chi connectivity index (χ2n) is 5.28. The normalized spacial score (nSPS) is 15.8. The summed E-state index contributed by atoms with van der Waals surface area (Å²) in [7, 11) is 3.27. The second kappa shape index (κ2) is 9.20. The summed E-state index contributed by atoms with van der Waals surface area (Å²) in [4.78, 5) is 2.44. The zero-order valence-electron chi connectivity index (χ0n) is 13.4. The molecule has 1 aromatic carbocycles. The summed E-state index contributed by atoms with van der Waals surface area (Å²) < 4.78 is 16.1. The van der Waals surface area contributed by atoms with Crippen molar-refractivity contribution in [3.8, 4) is 11.5 Å². The SMILES string of the molecule is COc1cc(Cl)cc(CNCCCN2CCOCC2)c1OC. The van der Waals surface area contributed by atoms with Crippen LogP contribution >= 0.6 is 11.6 Å². The number of hydrogen-bond donors (Lipinski definition) is 1. The first-order valence-corrected chi connectivity index (χ1v) is 8.03. The molecule has 22 heavy (non-hydrogen) atoms. The van der Waals surface area contributed by atoms with E-state index in [0.717, 1.165) is 57.1 Å². The van der Waals surface area contributed by atoms with E-state index in [1.54, 1.807) is 20.3 Å². The molecule has 1 aromatic rings. The van der Waals surface area contributed by atoms with Gasteiger partial charge in [0.2, 0.25) is 0 Å². The topological polar surface area (TPSA) is 43.0 Å². The largest absolute Gasteiger partial charge is 0.493 e. The van der Waals surface area contributed by atoms with Crippen molar-refractivity contribution in [1.82, 2.24) is 10.2 Å². The Bertz CT molecular complexity index is 465. The molecule has 0 aromatic heterocycles. The van der Waals surface area contributed by atoms with Crippen LogP contribution in [0.3, 0.4) is 0 Å². The first-order chi connectivity index (χ1) is 10.7. The van der Waals surface area contributed by atoms with Crippen molar-refractivity contribution in [1.29, 1.82) is 0 Å². The van der Waals surface area contributed by atoms with E-state index in [4.69, 9.17) is 25.8 Å². The van der Waals surface area contributed by atoms with E-state index in [2.05, 4.69) is 10.2 Å². The molecule has 5 nitrogen and oxygen atoms in total. The molecule has 1 N–H and O–H groups in total. The molecule has 0 amide bonds. The van der Waals surface area contributed by atoms with Gasteiger partial charge in [0.05, 0.1) is 27.4 Å². The van der Waals surface area contributed by atoms with Gasteiger partial charge in [0.15, 0.2) is 11.5 Å². The van der Waals surface area contributed by atoms with Crippen molar-refractivity contribution in [2.75, 3.05) is 53.6 Å². The molecule has 0 aliphatic carbocycles. The minimum Gasteiger partial charge on any atom is -0.493 e. The number of rotatable bonds is 8. The Morgan fingerprint density at radius 3 is 2.68 bits per heavy atom. The van der Waals surface area contributed by atoms with Gasteiger partial charge in [-0.1, -0.05) is 11.6 Å². The van der Waals surface area contributed by atoms with E-state index in [-0.39, 0.29) is 0 Å². The molecule has 1 heterocycles. The molecule has 0 spiro atoms. The fourth-order valence-corrected chi connectivity index (χ4v) is 2.84. The summed E-state index contributed by atoms with van der Waals surface area (Å²) in [6.45, 7) is 6.56. The molecule has 2 rings (SSSR count). The van der Waals surface area contributed by atoms with Crippen LogP contribution in [-0.4, -0.2) is 58.5 Å². The van der Waals surface area contributed by atoms with Gasteiger partial charge in [0.25, 0.3) is 0 Å². The predicted octanol–water partition coefficient (Wildman–Crippen LogP) is 2.17. The molecule has 0 unspecified atom stereocenters. The van der Waals surface area contributed by atoms with Crippen molar-refractivity contribution >= 4 is 11.6 Å². The molecule has 1 fully saturated rings. The minimum absolute atomic E-state index is 0.655. The molecule has 6 heteroatoms. The molecule has 0 saturated carbocycles. The van der Waals surface area contributed by atoms with Crippen molar-refractivity contribution in [2.45, 2.75) is 13.0 Å². The van der Waals surface area contributed by atoms with E-state index in [9.17, 15) is 0 Å². The van der Waals surface area contributed by atoms with Crippen LogP contribution in [0.1, 0.15) is 12.0 Å². The zero-order valence-corrected chi connectivity index (χ0v) is 14.1. The van der Waals surface area contributed by atoms with Crippen LogP contribution in [0.4, 0.5) is 0 Å². The molecule has 1 saturated heterocycles. The Labute approximate surface area is 137 Å². The van der Waals surface area contributed by atoms with Gasteiger partial charge >= 0.3 is 0 Å². The van der Waals surface area contributed by atoms with Crippen molar-refractivity contribution < 1.29 is 14.2 Å². The highest BCUT2D eigenvalue weighted by atomic mass is 35.5. The van der Waals surface area contributed by atoms with Gasteiger partial charge in [-0.2, -0.15) is 0 Å². The first-order valence-electron chi connectivity index (χ1n) is 7.66. The van der Waals surface area contributed by atoms with Crippen LogP contribution in [0, 0.1) is 0 Å². The van der Waals surface area contributed by atoms with Gasteiger partial charge in [0, 0.05) is 36.3 Å². The number of methoxy groups -OCH3 is 2. The fraction of sp³-hybridized carbons (Fsp3) is 0.625. The van der Waals surface area contributed by atoms with Crippen molar-refractivity contribution in [3.05, 3.63) is 22.7 Å². The van der Waals surface area contributed by atoms with Gasteiger partial charge in [-0.15, -0.1) is 0 Å². The third-order valence-electron chi connectivity index (χ3n) is 3.77. The second-order valence-corrected chi connectivity index (χ2v) is 5.72. The lowest BCUT2D eigenvalue weighted by Gasteiger charge is -2.26. The number of benzene rings is 1. The van der Waals surface area contributed by atoms with Crippen molar-refractivity contribution in [3.63, 3.8) is 0 Å². The summed E-state index contributed by atoms with van der Waals surface area (Å²) >= 11 is 6.12. The van der Waals surface area contributed by atoms with E-state index in [0.29, 0.717) is 17.3 Å². The number of nitrogens with one attached hydrogen (secondary N) is 1. The Hall–Kier alpha value is -1.01. The number of morpholine rings is 1.